The van der Waals surface area contributed by atoms with Gasteiger partial charge >= 0.3 is 0 Å². The summed E-state index contributed by atoms with van der Waals surface area (Å²) in [5, 5.41) is 3.24. The van der Waals surface area contributed by atoms with E-state index < -0.39 is 0 Å². The first-order valence-corrected chi connectivity index (χ1v) is 4.14. The van der Waals surface area contributed by atoms with Crippen LogP contribution in [0.5, 0.6) is 0 Å². The maximum absolute atomic E-state index is 5.41. The van der Waals surface area contributed by atoms with Crippen LogP contribution in [0.15, 0.2) is 11.8 Å². The van der Waals surface area contributed by atoms with Crippen LogP contribution >= 0.6 is 0 Å². The van der Waals surface area contributed by atoms with Gasteiger partial charge in [0.25, 0.3) is 0 Å². The highest BCUT2D eigenvalue weighted by Crippen LogP contribution is 2.14. The van der Waals surface area contributed by atoms with Gasteiger partial charge in [-0.15, -0.1) is 0 Å². The Morgan fingerprint density at radius 2 is 2.18 bits per heavy atom. The molecule has 0 aromatic carbocycles. The molecule has 0 aromatic heterocycles. The van der Waals surface area contributed by atoms with Crippen LogP contribution in [0.25, 0.3) is 0 Å². The molecule has 1 fully saturated rings. The SMILES string of the molecule is C1=C(C2OCCCO2)NCC1. The Morgan fingerprint density at radius 1 is 1.36 bits per heavy atom. The molecule has 0 bridgehead atoms. The smallest absolute Gasteiger partial charge is 0.198 e. The average molecular weight is 155 g/mol. The summed E-state index contributed by atoms with van der Waals surface area (Å²) in [5.41, 5.74) is 1.12. The van der Waals surface area contributed by atoms with Crippen molar-refractivity contribution in [1.82, 2.24) is 5.32 Å². The molecule has 1 saturated heterocycles. The van der Waals surface area contributed by atoms with Crippen molar-refractivity contribution in [2.75, 3.05) is 19.8 Å². The van der Waals surface area contributed by atoms with Crippen molar-refractivity contribution in [2.24, 2.45) is 0 Å². The summed E-state index contributed by atoms with van der Waals surface area (Å²) >= 11 is 0. The van der Waals surface area contributed by atoms with E-state index in [9.17, 15) is 0 Å². The van der Waals surface area contributed by atoms with E-state index in [1.165, 1.54) is 0 Å². The molecule has 2 aliphatic rings. The molecule has 2 aliphatic heterocycles. The van der Waals surface area contributed by atoms with Crippen LogP contribution in [0.3, 0.4) is 0 Å². The number of hydrogen-bond donors (Lipinski definition) is 1. The number of ether oxygens (including phenoxy) is 2. The van der Waals surface area contributed by atoms with Crippen LogP contribution in [-0.2, 0) is 9.47 Å². The third kappa shape index (κ3) is 1.54. The zero-order valence-electron chi connectivity index (χ0n) is 6.51. The lowest BCUT2D eigenvalue weighted by Crippen LogP contribution is -2.31. The van der Waals surface area contributed by atoms with Gasteiger partial charge < -0.3 is 14.8 Å². The molecule has 11 heavy (non-hydrogen) atoms. The van der Waals surface area contributed by atoms with Crippen LogP contribution in [0.2, 0.25) is 0 Å². The lowest BCUT2D eigenvalue weighted by molar-refractivity contribution is -0.158. The molecule has 2 heterocycles. The Bertz CT molecular complexity index is 161. The summed E-state index contributed by atoms with van der Waals surface area (Å²) in [6.07, 6.45) is 4.16. The lowest BCUT2D eigenvalue weighted by atomic mass is 10.3. The van der Waals surface area contributed by atoms with Gasteiger partial charge in [0.15, 0.2) is 6.29 Å². The second-order valence-electron chi connectivity index (χ2n) is 2.80. The van der Waals surface area contributed by atoms with Gasteiger partial charge in [-0.1, -0.05) is 6.08 Å². The molecule has 0 aromatic rings. The van der Waals surface area contributed by atoms with Gasteiger partial charge in [-0.05, 0) is 12.8 Å². The Kier molecular flexibility index (Phi) is 2.10. The van der Waals surface area contributed by atoms with Crippen molar-refractivity contribution < 1.29 is 9.47 Å². The third-order valence-electron chi connectivity index (χ3n) is 1.92. The Hall–Kier alpha value is -0.540. The van der Waals surface area contributed by atoms with Gasteiger partial charge in [0.1, 0.15) is 0 Å². The molecule has 0 atom stereocenters. The molecular weight excluding hydrogens is 142 g/mol. The minimum Gasteiger partial charge on any atom is -0.384 e. The van der Waals surface area contributed by atoms with E-state index in [-0.39, 0.29) is 6.29 Å². The fourth-order valence-corrected chi connectivity index (χ4v) is 1.36. The first-order chi connectivity index (χ1) is 5.47. The lowest BCUT2D eigenvalue weighted by Gasteiger charge is -2.24. The summed E-state index contributed by atoms with van der Waals surface area (Å²) in [5.74, 6) is 0. The van der Waals surface area contributed by atoms with E-state index in [2.05, 4.69) is 11.4 Å². The minimum absolute atomic E-state index is 0.105. The van der Waals surface area contributed by atoms with E-state index in [0.717, 1.165) is 38.3 Å². The normalized spacial score (nSPS) is 26.4. The van der Waals surface area contributed by atoms with Crippen molar-refractivity contribution in [1.29, 1.82) is 0 Å². The van der Waals surface area contributed by atoms with Gasteiger partial charge in [0.05, 0.1) is 18.9 Å². The fraction of sp³-hybridized carbons (Fsp3) is 0.750. The highest BCUT2D eigenvalue weighted by Gasteiger charge is 2.20. The van der Waals surface area contributed by atoms with Crippen LogP contribution < -0.4 is 5.32 Å². The molecule has 0 spiro atoms. The molecule has 0 aliphatic carbocycles. The van der Waals surface area contributed by atoms with Crippen LogP contribution in [0.4, 0.5) is 0 Å². The van der Waals surface area contributed by atoms with Crippen LogP contribution in [-0.4, -0.2) is 26.0 Å². The third-order valence-corrected chi connectivity index (χ3v) is 1.92. The van der Waals surface area contributed by atoms with E-state index in [0.29, 0.717) is 0 Å². The highest BCUT2D eigenvalue weighted by molar-refractivity contribution is 5.08. The minimum atomic E-state index is -0.105. The fourth-order valence-electron chi connectivity index (χ4n) is 1.36. The first-order valence-electron chi connectivity index (χ1n) is 4.14. The molecule has 1 N–H and O–H groups in total. The van der Waals surface area contributed by atoms with Crippen LogP contribution in [0, 0.1) is 0 Å². The number of rotatable bonds is 1. The van der Waals surface area contributed by atoms with E-state index in [1.807, 2.05) is 0 Å². The van der Waals surface area contributed by atoms with Gasteiger partial charge in [-0.2, -0.15) is 0 Å². The van der Waals surface area contributed by atoms with Gasteiger partial charge in [0.2, 0.25) is 0 Å². The predicted molar refractivity (Wildman–Crippen MR) is 41.0 cm³/mol. The average Bonchev–Trinajstić information content (AvgIpc) is 2.58. The first kappa shape index (κ1) is 7.13. The zero-order chi connectivity index (χ0) is 7.52. The van der Waals surface area contributed by atoms with Gasteiger partial charge in [-0.3, -0.25) is 0 Å². The van der Waals surface area contributed by atoms with E-state index >= 15 is 0 Å². The summed E-state index contributed by atoms with van der Waals surface area (Å²) in [7, 11) is 0. The molecule has 0 unspecified atom stereocenters. The highest BCUT2D eigenvalue weighted by atomic mass is 16.7. The molecule has 2 rings (SSSR count). The molecule has 0 amide bonds. The largest absolute Gasteiger partial charge is 0.384 e. The number of nitrogens with one attached hydrogen (secondary N) is 1. The summed E-state index contributed by atoms with van der Waals surface area (Å²) in [6.45, 7) is 2.67. The van der Waals surface area contributed by atoms with Gasteiger partial charge in [-0.25, -0.2) is 0 Å². The molecular formula is C8H13NO2. The van der Waals surface area contributed by atoms with Crippen molar-refractivity contribution in [2.45, 2.75) is 19.1 Å². The van der Waals surface area contributed by atoms with Crippen molar-refractivity contribution in [3.8, 4) is 0 Å². The van der Waals surface area contributed by atoms with Gasteiger partial charge in [0, 0.05) is 6.54 Å². The topological polar surface area (TPSA) is 30.5 Å². The second kappa shape index (κ2) is 3.24. The summed E-state index contributed by atoms with van der Waals surface area (Å²) < 4.78 is 10.8. The molecule has 62 valence electrons. The Morgan fingerprint density at radius 3 is 2.82 bits per heavy atom. The Labute approximate surface area is 66.4 Å². The van der Waals surface area contributed by atoms with E-state index in [1.54, 1.807) is 0 Å². The summed E-state index contributed by atoms with van der Waals surface area (Å²) in [4.78, 5) is 0. The monoisotopic (exact) mass is 155 g/mol. The van der Waals surface area contributed by atoms with Crippen molar-refractivity contribution in [3.05, 3.63) is 11.8 Å². The standard InChI is InChI=1S/C8H13NO2/c1-3-7(9-4-1)8-10-5-2-6-11-8/h3,8-9H,1-2,4-6H2. The molecule has 3 heteroatoms. The quantitative estimate of drug-likeness (QED) is 0.602. The van der Waals surface area contributed by atoms with Crippen molar-refractivity contribution in [3.63, 3.8) is 0 Å². The van der Waals surface area contributed by atoms with E-state index in [4.69, 9.17) is 9.47 Å². The second-order valence-corrected chi connectivity index (χ2v) is 2.80. The molecule has 0 radical (unpaired) electrons. The zero-order valence-corrected chi connectivity index (χ0v) is 6.51. The Balaban J connectivity index is 1.92. The summed E-state index contributed by atoms with van der Waals surface area (Å²) in [6, 6.07) is 0. The molecule has 3 nitrogen and oxygen atoms in total. The maximum atomic E-state index is 5.41. The predicted octanol–water partition coefficient (Wildman–Crippen LogP) is 0.627. The van der Waals surface area contributed by atoms with Crippen molar-refractivity contribution >= 4 is 0 Å². The molecule has 0 saturated carbocycles. The maximum Gasteiger partial charge on any atom is 0.198 e. The van der Waals surface area contributed by atoms with Crippen LogP contribution in [0.1, 0.15) is 12.8 Å². The number of hydrogen-bond acceptors (Lipinski definition) is 3.